The number of carbonyl (C=O) groups is 1. The monoisotopic (exact) mass is 389 g/mol. The first-order valence-corrected chi connectivity index (χ1v) is 10.8. The Hall–Kier alpha value is -1.75. The smallest absolute Gasteiger partial charge is 0.261 e. The summed E-state index contributed by atoms with van der Waals surface area (Å²) in [5.41, 5.74) is 11.1. The number of piperidine rings is 1. The number of likely N-dealkylation sites (tertiary alicyclic amines) is 1. The molecule has 28 heavy (non-hydrogen) atoms. The summed E-state index contributed by atoms with van der Waals surface area (Å²) in [6, 6.07) is 0.250. The number of amides is 1. The van der Waals surface area contributed by atoms with Crippen molar-refractivity contribution in [3.63, 3.8) is 0 Å². The molecule has 1 saturated heterocycles. The number of rotatable bonds is 8. The lowest BCUT2D eigenvalue weighted by molar-refractivity contribution is -0.129. The molecule has 1 aromatic rings. The van der Waals surface area contributed by atoms with Gasteiger partial charge in [0, 0.05) is 24.8 Å². The zero-order valence-electron chi connectivity index (χ0n) is 18.7. The lowest BCUT2D eigenvalue weighted by atomic mass is 9.97. The molecule has 3 N–H and O–H groups in total. The molecule has 1 atom stereocenters. The summed E-state index contributed by atoms with van der Waals surface area (Å²) in [5, 5.41) is 3.23. The van der Waals surface area contributed by atoms with Crippen LogP contribution in [0.1, 0.15) is 68.2 Å². The summed E-state index contributed by atoms with van der Waals surface area (Å²) in [6.07, 6.45) is 4.69. The van der Waals surface area contributed by atoms with E-state index >= 15 is 0 Å². The van der Waals surface area contributed by atoms with Gasteiger partial charge in [0.1, 0.15) is 5.75 Å². The van der Waals surface area contributed by atoms with Crippen molar-refractivity contribution in [1.82, 2.24) is 10.2 Å². The number of hydrogen-bond donors (Lipinski definition) is 2. The van der Waals surface area contributed by atoms with Crippen molar-refractivity contribution in [3.05, 3.63) is 22.3 Å². The number of nitrogens with two attached hydrogens (primary N) is 1. The van der Waals surface area contributed by atoms with E-state index in [4.69, 9.17) is 10.5 Å². The van der Waals surface area contributed by atoms with Gasteiger partial charge in [0.2, 0.25) is 0 Å². The van der Waals surface area contributed by atoms with Crippen molar-refractivity contribution < 1.29 is 9.53 Å². The lowest BCUT2D eigenvalue weighted by Crippen LogP contribution is -2.48. The molecule has 1 heterocycles. The molecule has 1 aromatic carbocycles. The van der Waals surface area contributed by atoms with E-state index in [0.29, 0.717) is 6.42 Å². The van der Waals surface area contributed by atoms with E-state index in [1.54, 1.807) is 0 Å². The molecular weight excluding hydrogens is 350 g/mol. The highest BCUT2D eigenvalue weighted by Crippen LogP contribution is 2.35. The van der Waals surface area contributed by atoms with Gasteiger partial charge >= 0.3 is 0 Å². The van der Waals surface area contributed by atoms with Crippen LogP contribution in [0.3, 0.4) is 0 Å². The molecule has 0 bridgehead atoms. The van der Waals surface area contributed by atoms with Gasteiger partial charge in [0.05, 0.1) is 0 Å². The molecule has 5 heteroatoms. The fraction of sp³-hybridized carbons (Fsp3) is 0.696. The number of hydrogen-bond acceptors (Lipinski definition) is 4. The maximum Gasteiger partial charge on any atom is 0.261 e. The molecule has 158 valence electrons. The average Bonchev–Trinajstić information content (AvgIpc) is 2.70. The van der Waals surface area contributed by atoms with Gasteiger partial charge in [0.15, 0.2) is 6.10 Å². The molecule has 0 aromatic heterocycles. The van der Waals surface area contributed by atoms with E-state index in [2.05, 4.69) is 17.1 Å². The largest absolute Gasteiger partial charge is 0.480 e. The summed E-state index contributed by atoms with van der Waals surface area (Å²) < 4.78 is 6.24. The van der Waals surface area contributed by atoms with Gasteiger partial charge in [-0.1, -0.05) is 20.3 Å². The third kappa shape index (κ3) is 5.19. The van der Waals surface area contributed by atoms with Crippen LogP contribution in [0.25, 0.3) is 0 Å². The zero-order chi connectivity index (χ0) is 20.8. The number of nitrogen functional groups attached to an aromatic ring is 1. The Morgan fingerprint density at radius 3 is 2.18 bits per heavy atom. The summed E-state index contributed by atoms with van der Waals surface area (Å²) in [5.74, 6) is 0.807. The number of nitrogens with zero attached hydrogens (tertiary/aromatic N) is 1. The molecular formula is C23H39N3O2. The van der Waals surface area contributed by atoms with Crippen molar-refractivity contribution in [1.29, 1.82) is 0 Å². The van der Waals surface area contributed by atoms with Gasteiger partial charge in [-0.2, -0.15) is 0 Å². The summed E-state index contributed by atoms with van der Waals surface area (Å²) >= 11 is 0. The van der Waals surface area contributed by atoms with Crippen LogP contribution in [-0.2, 0) is 4.79 Å². The Balaban J connectivity index is 2.00. The molecule has 5 nitrogen and oxygen atoms in total. The first-order valence-electron chi connectivity index (χ1n) is 10.8. The Bertz CT molecular complexity index is 650. The number of anilines is 1. The molecule has 2 rings (SSSR count). The third-order valence-electron chi connectivity index (χ3n) is 6.30. The molecule has 1 aliphatic rings. The second-order valence-electron chi connectivity index (χ2n) is 8.24. The minimum atomic E-state index is -0.474. The summed E-state index contributed by atoms with van der Waals surface area (Å²) in [6.45, 7) is 15.6. The summed E-state index contributed by atoms with van der Waals surface area (Å²) in [4.78, 5) is 15.4. The van der Waals surface area contributed by atoms with Gasteiger partial charge in [-0.05, 0) is 82.2 Å². The van der Waals surface area contributed by atoms with Crippen molar-refractivity contribution in [2.75, 3.05) is 25.4 Å². The lowest BCUT2D eigenvalue weighted by Gasteiger charge is -2.33. The SMILES string of the molecule is CCCCN1CCC(NC(=O)C(CC)Oc2c(C)c(C)c(N)c(C)c2C)CC1. The molecule has 1 amide bonds. The number of unbranched alkanes of at least 4 members (excludes halogenated alkanes) is 1. The molecule has 1 aliphatic heterocycles. The predicted molar refractivity (Wildman–Crippen MR) is 117 cm³/mol. The van der Waals surface area contributed by atoms with Crippen LogP contribution < -0.4 is 15.8 Å². The van der Waals surface area contributed by atoms with Gasteiger partial charge in [-0.15, -0.1) is 0 Å². The molecule has 0 radical (unpaired) electrons. The summed E-state index contributed by atoms with van der Waals surface area (Å²) in [7, 11) is 0. The topological polar surface area (TPSA) is 67.6 Å². The first kappa shape index (κ1) is 22.5. The van der Waals surface area contributed by atoms with Crippen LogP contribution in [0, 0.1) is 27.7 Å². The molecule has 0 aliphatic carbocycles. The fourth-order valence-electron chi connectivity index (χ4n) is 3.93. The second kappa shape index (κ2) is 10.1. The maximum atomic E-state index is 12.9. The highest BCUT2D eigenvalue weighted by Gasteiger charge is 2.26. The van der Waals surface area contributed by atoms with Crippen molar-refractivity contribution in [2.45, 2.75) is 85.8 Å². The molecule has 1 fully saturated rings. The molecule has 0 saturated carbocycles. The highest BCUT2D eigenvalue weighted by atomic mass is 16.5. The minimum Gasteiger partial charge on any atom is -0.480 e. The molecule has 1 unspecified atom stereocenters. The quantitative estimate of drug-likeness (QED) is 0.659. The van der Waals surface area contributed by atoms with E-state index in [9.17, 15) is 4.79 Å². The van der Waals surface area contributed by atoms with Crippen LogP contribution in [0.15, 0.2) is 0 Å². The van der Waals surface area contributed by atoms with E-state index in [0.717, 1.165) is 59.6 Å². The van der Waals surface area contributed by atoms with E-state index < -0.39 is 6.10 Å². The first-order chi connectivity index (χ1) is 13.3. The Morgan fingerprint density at radius 1 is 1.11 bits per heavy atom. The predicted octanol–water partition coefficient (Wildman–Crippen LogP) is 4.04. The average molecular weight is 390 g/mol. The minimum absolute atomic E-state index is 0.000407. The maximum absolute atomic E-state index is 12.9. The molecule has 0 spiro atoms. The number of nitrogens with one attached hydrogen (secondary N) is 1. The van der Waals surface area contributed by atoms with E-state index in [1.807, 2.05) is 34.6 Å². The van der Waals surface area contributed by atoms with Gasteiger partial charge < -0.3 is 20.7 Å². The second-order valence-corrected chi connectivity index (χ2v) is 8.24. The Kier molecular flexibility index (Phi) is 8.17. The van der Waals surface area contributed by atoms with Gasteiger partial charge in [-0.3, -0.25) is 4.79 Å². The van der Waals surface area contributed by atoms with E-state index in [-0.39, 0.29) is 11.9 Å². The van der Waals surface area contributed by atoms with E-state index in [1.165, 1.54) is 19.4 Å². The van der Waals surface area contributed by atoms with Crippen molar-refractivity contribution in [2.24, 2.45) is 0 Å². The van der Waals surface area contributed by atoms with Crippen molar-refractivity contribution >= 4 is 11.6 Å². The number of ether oxygens (including phenoxy) is 1. The Morgan fingerprint density at radius 2 is 1.68 bits per heavy atom. The van der Waals surface area contributed by atoms with Crippen LogP contribution in [0.4, 0.5) is 5.69 Å². The van der Waals surface area contributed by atoms with Gasteiger partial charge in [0.25, 0.3) is 5.91 Å². The Labute approximate surface area is 171 Å². The van der Waals surface area contributed by atoms with Crippen LogP contribution in [-0.4, -0.2) is 42.6 Å². The number of carbonyl (C=O) groups excluding carboxylic acids is 1. The standard InChI is InChI=1S/C23H39N3O2/c1-7-9-12-26-13-10-19(11-14-26)25-23(27)20(8-2)28-22-17(5)15(3)21(24)16(4)18(22)6/h19-20H,7-14,24H2,1-6H3,(H,25,27). The normalized spacial score (nSPS) is 16.8. The van der Waals surface area contributed by atoms with Crippen LogP contribution >= 0.6 is 0 Å². The zero-order valence-corrected chi connectivity index (χ0v) is 18.7. The van der Waals surface area contributed by atoms with Crippen molar-refractivity contribution in [3.8, 4) is 5.75 Å². The third-order valence-corrected chi connectivity index (χ3v) is 6.30. The number of benzene rings is 1. The van der Waals surface area contributed by atoms with Gasteiger partial charge in [-0.25, -0.2) is 0 Å². The fourth-order valence-corrected chi connectivity index (χ4v) is 3.93. The van der Waals surface area contributed by atoms with Crippen LogP contribution in [0.5, 0.6) is 5.75 Å². The highest BCUT2D eigenvalue weighted by molar-refractivity contribution is 5.81. The van der Waals surface area contributed by atoms with Crippen LogP contribution in [0.2, 0.25) is 0 Å².